The molecule has 6 heteroatoms. The zero-order chi connectivity index (χ0) is 17.0. The van der Waals surface area contributed by atoms with Gasteiger partial charge in [0, 0.05) is 30.0 Å². The van der Waals surface area contributed by atoms with E-state index in [1.165, 1.54) is 4.21 Å². The molecular formula is C17H24N2O2S2. The topological polar surface area (TPSA) is 34.6 Å². The van der Waals surface area contributed by atoms with Gasteiger partial charge in [0.15, 0.2) is 5.13 Å². The first kappa shape index (κ1) is 17.9. The van der Waals surface area contributed by atoms with Crippen LogP contribution in [0.25, 0.3) is 0 Å². The molecule has 0 saturated heterocycles. The summed E-state index contributed by atoms with van der Waals surface area (Å²) in [4.78, 5) is 6.68. The molecule has 0 spiro atoms. The summed E-state index contributed by atoms with van der Waals surface area (Å²) in [7, 11) is 5.39. The molecule has 0 aliphatic rings. The minimum atomic E-state index is 0.196. The van der Waals surface area contributed by atoms with Crippen LogP contribution >= 0.6 is 23.1 Å². The molecule has 23 heavy (non-hydrogen) atoms. The van der Waals surface area contributed by atoms with Crippen molar-refractivity contribution in [1.82, 2.24) is 4.98 Å². The molecule has 0 saturated carbocycles. The molecule has 0 aliphatic carbocycles. The molecule has 0 N–H and O–H groups in total. The zero-order valence-corrected chi connectivity index (χ0v) is 16.2. The van der Waals surface area contributed by atoms with Crippen molar-refractivity contribution in [1.29, 1.82) is 0 Å². The summed E-state index contributed by atoms with van der Waals surface area (Å²) in [6.45, 7) is 7.37. The van der Waals surface area contributed by atoms with Gasteiger partial charge in [-0.3, -0.25) is 0 Å². The first-order valence-electron chi connectivity index (χ1n) is 7.39. The van der Waals surface area contributed by atoms with Gasteiger partial charge in [-0.2, -0.15) is 0 Å². The van der Waals surface area contributed by atoms with Crippen LogP contribution in [-0.4, -0.2) is 31.0 Å². The summed E-state index contributed by atoms with van der Waals surface area (Å²) in [6.07, 6.45) is 1.96. The van der Waals surface area contributed by atoms with E-state index in [4.69, 9.17) is 9.47 Å². The normalized spacial score (nSPS) is 11.4. The smallest absolute Gasteiger partial charge is 0.186 e. The van der Waals surface area contributed by atoms with Gasteiger partial charge in [0.05, 0.1) is 24.6 Å². The van der Waals surface area contributed by atoms with Gasteiger partial charge >= 0.3 is 0 Å². The molecule has 126 valence electrons. The molecule has 0 amide bonds. The Balaban J connectivity index is 2.11. The van der Waals surface area contributed by atoms with Crippen molar-refractivity contribution >= 4 is 28.2 Å². The number of anilines is 1. The first-order chi connectivity index (χ1) is 10.8. The van der Waals surface area contributed by atoms with Crippen LogP contribution in [0.4, 0.5) is 5.13 Å². The van der Waals surface area contributed by atoms with Crippen molar-refractivity contribution in [2.24, 2.45) is 0 Å². The van der Waals surface area contributed by atoms with Gasteiger partial charge in [-0.25, -0.2) is 4.98 Å². The molecule has 2 rings (SSSR count). The van der Waals surface area contributed by atoms with Gasteiger partial charge in [0.2, 0.25) is 0 Å². The molecule has 0 unspecified atom stereocenters. The van der Waals surface area contributed by atoms with Crippen molar-refractivity contribution < 1.29 is 9.47 Å². The average Bonchev–Trinajstić information content (AvgIpc) is 2.94. The highest BCUT2D eigenvalue weighted by Gasteiger charge is 2.16. The Morgan fingerprint density at radius 1 is 1.22 bits per heavy atom. The first-order valence-corrected chi connectivity index (χ1v) is 9.02. The van der Waals surface area contributed by atoms with Crippen LogP contribution < -0.4 is 14.4 Å². The van der Waals surface area contributed by atoms with E-state index in [1.54, 1.807) is 25.6 Å². The summed E-state index contributed by atoms with van der Waals surface area (Å²) < 4.78 is 12.1. The molecule has 1 aromatic carbocycles. The van der Waals surface area contributed by atoms with Crippen LogP contribution in [0.5, 0.6) is 11.5 Å². The minimum Gasteiger partial charge on any atom is -0.497 e. The van der Waals surface area contributed by atoms with Gasteiger partial charge < -0.3 is 14.4 Å². The van der Waals surface area contributed by atoms with Gasteiger partial charge in [-0.05, 0) is 12.1 Å². The lowest BCUT2D eigenvalue weighted by atomic mass is 10.2. The number of methoxy groups -OCH3 is 2. The number of hydrogen-bond acceptors (Lipinski definition) is 6. The van der Waals surface area contributed by atoms with Crippen LogP contribution in [0.2, 0.25) is 0 Å². The highest BCUT2D eigenvalue weighted by Crippen LogP contribution is 2.38. The number of thiazole rings is 1. The summed E-state index contributed by atoms with van der Waals surface area (Å²) in [5, 5.41) is 1.01. The number of ether oxygens (including phenoxy) is 2. The van der Waals surface area contributed by atoms with E-state index in [2.05, 4.69) is 30.7 Å². The lowest BCUT2D eigenvalue weighted by Crippen LogP contribution is -2.16. The van der Waals surface area contributed by atoms with E-state index < -0.39 is 0 Å². The Bertz CT molecular complexity index is 650. The molecule has 0 bridgehead atoms. The molecule has 0 radical (unpaired) electrons. The van der Waals surface area contributed by atoms with Crippen molar-refractivity contribution in [2.75, 3.05) is 26.2 Å². The lowest BCUT2D eigenvalue weighted by molar-refractivity contribution is 0.391. The van der Waals surface area contributed by atoms with Crippen molar-refractivity contribution in [3.63, 3.8) is 0 Å². The molecule has 0 aliphatic heterocycles. The monoisotopic (exact) mass is 352 g/mol. The fourth-order valence-corrected chi connectivity index (χ4v) is 4.54. The second-order valence-electron chi connectivity index (χ2n) is 6.21. The van der Waals surface area contributed by atoms with E-state index in [9.17, 15) is 0 Å². The Morgan fingerprint density at radius 2 is 1.96 bits per heavy atom. The fraction of sp³-hybridized carbons (Fsp3) is 0.471. The molecular weight excluding hydrogens is 328 g/mol. The fourth-order valence-electron chi connectivity index (χ4n) is 2.08. The third-order valence-corrected chi connectivity index (χ3v) is 5.43. The van der Waals surface area contributed by atoms with Crippen LogP contribution in [-0.2, 0) is 6.54 Å². The Morgan fingerprint density at radius 3 is 2.57 bits per heavy atom. The highest BCUT2D eigenvalue weighted by atomic mass is 32.2. The van der Waals surface area contributed by atoms with Crippen LogP contribution in [0.1, 0.15) is 26.3 Å². The largest absolute Gasteiger partial charge is 0.497 e. The number of rotatable bonds is 6. The van der Waals surface area contributed by atoms with E-state index in [0.29, 0.717) is 0 Å². The van der Waals surface area contributed by atoms with Crippen molar-refractivity contribution in [2.45, 2.75) is 36.3 Å². The maximum atomic E-state index is 5.47. The van der Waals surface area contributed by atoms with Gasteiger partial charge in [-0.1, -0.05) is 32.1 Å². The third-order valence-electron chi connectivity index (χ3n) is 3.11. The van der Waals surface area contributed by atoms with E-state index >= 15 is 0 Å². The molecule has 1 aromatic heterocycles. The van der Waals surface area contributed by atoms with Gasteiger partial charge in [0.25, 0.3) is 0 Å². The molecule has 0 fully saturated rings. The third kappa shape index (κ3) is 5.04. The summed E-state index contributed by atoms with van der Waals surface area (Å²) in [5.41, 5.74) is 1.11. The Labute approximate surface area is 146 Å². The van der Waals surface area contributed by atoms with Gasteiger partial charge in [-0.15, -0.1) is 11.8 Å². The number of benzene rings is 1. The van der Waals surface area contributed by atoms with Crippen LogP contribution in [0.3, 0.4) is 0 Å². The summed E-state index contributed by atoms with van der Waals surface area (Å²) >= 11 is 3.57. The summed E-state index contributed by atoms with van der Waals surface area (Å²) in [6, 6.07) is 5.90. The van der Waals surface area contributed by atoms with Crippen molar-refractivity contribution in [3.8, 4) is 11.5 Å². The molecule has 4 nitrogen and oxygen atoms in total. The zero-order valence-electron chi connectivity index (χ0n) is 14.5. The Kier molecular flexibility index (Phi) is 5.81. The van der Waals surface area contributed by atoms with Gasteiger partial charge in [0.1, 0.15) is 11.5 Å². The predicted octanol–water partition coefficient (Wildman–Crippen LogP) is 4.69. The maximum Gasteiger partial charge on any atom is 0.186 e. The Hall–Kier alpha value is -1.40. The number of thioether (sulfide) groups is 1. The lowest BCUT2D eigenvalue weighted by Gasteiger charge is -2.18. The average molecular weight is 353 g/mol. The minimum absolute atomic E-state index is 0.196. The predicted molar refractivity (Wildman–Crippen MR) is 99.4 cm³/mol. The number of nitrogens with zero attached hydrogens (tertiary/aromatic N) is 2. The standard InChI is InChI=1S/C17H24N2O2S2/c1-17(2,3)23-15-10-18-16(22-15)19(4)11-12-7-8-13(20-5)9-14(12)21-6/h7-10H,11H2,1-6H3. The molecule has 2 aromatic rings. The number of hydrogen-bond donors (Lipinski definition) is 0. The molecule has 0 atom stereocenters. The van der Waals surface area contributed by atoms with Crippen molar-refractivity contribution in [3.05, 3.63) is 30.0 Å². The second kappa shape index (κ2) is 7.45. The van der Waals surface area contributed by atoms with E-state index in [0.717, 1.165) is 28.7 Å². The summed E-state index contributed by atoms with van der Waals surface area (Å²) in [5.74, 6) is 1.63. The van der Waals surface area contributed by atoms with Crippen LogP contribution in [0, 0.1) is 0 Å². The quantitative estimate of drug-likeness (QED) is 0.705. The van der Waals surface area contributed by atoms with Crippen LogP contribution in [0.15, 0.2) is 28.6 Å². The second-order valence-corrected chi connectivity index (χ2v) is 9.35. The highest BCUT2D eigenvalue weighted by molar-refractivity contribution is 8.02. The van der Waals surface area contributed by atoms with E-state index in [1.807, 2.05) is 43.2 Å². The maximum absolute atomic E-state index is 5.47. The SMILES string of the molecule is COc1ccc(CN(C)c2ncc(SC(C)(C)C)s2)c(OC)c1. The number of aromatic nitrogens is 1. The van der Waals surface area contributed by atoms with E-state index in [-0.39, 0.29) is 4.75 Å². The molecule has 1 heterocycles.